The molecule has 0 N–H and O–H groups in total. The first-order valence-corrected chi connectivity index (χ1v) is 7.24. The summed E-state index contributed by atoms with van der Waals surface area (Å²) in [6, 6.07) is 8.31. The van der Waals surface area contributed by atoms with Gasteiger partial charge in [0.15, 0.2) is 0 Å². The molecule has 0 saturated carbocycles. The lowest BCUT2D eigenvalue weighted by Gasteiger charge is -1.98. The number of benzene rings is 1. The Morgan fingerprint density at radius 1 is 1.29 bits per heavy atom. The van der Waals surface area contributed by atoms with Crippen molar-refractivity contribution in [2.24, 2.45) is 0 Å². The largest absolute Gasteiger partial charge is 0.219 e. The van der Waals surface area contributed by atoms with Crippen molar-refractivity contribution >= 4 is 41.7 Å². The highest BCUT2D eigenvalue weighted by molar-refractivity contribution is 9.13. The summed E-state index contributed by atoms with van der Waals surface area (Å²) in [5.41, 5.74) is 0. The first kappa shape index (κ1) is 11.9. The Labute approximate surface area is 100 Å². The van der Waals surface area contributed by atoms with Crippen molar-refractivity contribution in [3.63, 3.8) is 0 Å². The molecule has 0 fully saturated rings. The fourth-order valence-corrected chi connectivity index (χ4v) is 3.09. The van der Waals surface area contributed by atoms with Crippen LogP contribution in [0.5, 0.6) is 0 Å². The van der Waals surface area contributed by atoms with Crippen LogP contribution in [0.25, 0.3) is 0 Å². The van der Waals surface area contributed by atoms with Crippen molar-refractivity contribution in [2.75, 3.05) is 5.33 Å². The van der Waals surface area contributed by atoms with E-state index in [1.54, 1.807) is 30.3 Å². The van der Waals surface area contributed by atoms with E-state index in [1.807, 2.05) is 0 Å². The predicted molar refractivity (Wildman–Crippen MR) is 64.4 cm³/mol. The highest BCUT2D eigenvalue weighted by Crippen LogP contribution is 2.17. The van der Waals surface area contributed by atoms with Gasteiger partial charge in [0.25, 0.3) is 0 Å². The minimum absolute atomic E-state index is 0.304. The van der Waals surface area contributed by atoms with E-state index in [4.69, 9.17) is 0 Å². The smallest absolute Gasteiger partial charge is 0.200 e. The summed E-state index contributed by atoms with van der Waals surface area (Å²) in [5, 5.41) is 1.69. The van der Waals surface area contributed by atoms with Crippen LogP contribution in [-0.4, -0.2) is 13.7 Å². The molecule has 0 unspecified atom stereocenters. The van der Waals surface area contributed by atoms with Crippen LogP contribution in [0.4, 0.5) is 0 Å². The summed E-state index contributed by atoms with van der Waals surface area (Å²) < 4.78 is 23.9. The number of alkyl halides is 1. The van der Waals surface area contributed by atoms with Crippen molar-refractivity contribution in [3.8, 4) is 0 Å². The average Bonchev–Trinajstić information content (AvgIpc) is 2.18. The topological polar surface area (TPSA) is 34.1 Å². The Bertz CT molecular complexity index is 423. The van der Waals surface area contributed by atoms with Gasteiger partial charge in [-0.05, 0) is 12.1 Å². The molecule has 0 saturated heterocycles. The summed E-state index contributed by atoms with van der Waals surface area (Å²) in [7, 11) is -3.31. The van der Waals surface area contributed by atoms with Crippen LogP contribution < -0.4 is 0 Å². The third-order valence-corrected chi connectivity index (χ3v) is 5.18. The lowest BCUT2D eigenvalue weighted by atomic mass is 10.4. The molecule has 0 amide bonds. The van der Waals surface area contributed by atoms with Crippen LogP contribution in [0.3, 0.4) is 0 Å². The molecular formula is C9H8Br2O2S. The van der Waals surface area contributed by atoms with Gasteiger partial charge in [-0.3, -0.25) is 0 Å². The van der Waals surface area contributed by atoms with Gasteiger partial charge in [-0.1, -0.05) is 50.1 Å². The van der Waals surface area contributed by atoms with E-state index in [1.165, 1.54) is 5.41 Å². The lowest BCUT2D eigenvalue weighted by Crippen LogP contribution is -1.96. The van der Waals surface area contributed by atoms with Gasteiger partial charge in [0, 0.05) is 15.2 Å². The number of allylic oxidation sites excluding steroid dienone is 1. The number of hydrogen-bond acceptors (Lipinski definition) is 2. The standard InChI is InChI=1S/C9H8Br2O2S/c10-6-8(11)7-14(12,13)9-4-2-1-3-5-9/h1-5,7H,6H2/b8-7-. The molecule has 0 aromatic heterocycles. The monoisotopic (exact) mass is 338 g/mol. The molecule has 0 aliphatic carbocycles. The Kier molecular flexibility index (Phi) is 4.34. The fraction of sp³-hybridized carbons (Fsp3) is 0.111. The van der Waals surface area contributed by atoms with Crippen LogP contribution in [0.1, 0.15) is 0 Å². The predicted octanol–water partition coefficient (Wildman–Crippen LogP) is 3.09. The summed E-state index contributed by atoms with van der Waals surface area (Å²) in [6.07, 6.45) is 0. The van der Waals surface area contributed by atoms with Crippen LogP contribution >= 0.6 is 31.9 Å². The summed E-state index contributed by atoms with van der Waals surface area (Å²) in [4.78, 5) is 0.304. The molecule has 0 spiro atoms. The minimum Gasteiger partial charge on any atom is -0.219 e. The Morgan fingerprint density at radius 3 is 2.36 bits per heavy atom. The third kappa shape index (κ3) is 3.22. The van der Waals surface area contributed by atoms with Gasteiger partial charge in [-0.15, -0.1) is 0 Å². The van der Waals surface area contributed by atoms with Crippen LogP contribution in [0.2, 0.25) is 0 Å². The van der Waals surface area contributed by atoms with Gasteiger partial charge in [0.1, 0.15) is 0 Å². The number of rotatable bonds is 3. The van der Waals surface area contributed by atoms with Crippen LogP contribution in [0.15, 0.2) is 45.1 Å². The van der Waals surface area contributed by atoms with Gasteiger partial charge in [0.2, 0.25) is 9.84 Å². The zero-order valence-electron chi connectivity index (χ0n) is 7.15. The molecule has 0 aliphatic rings. The van der Waals surface area contributed by atoms with E-state index in [2.05, 4.69) is 31.9 Å². The van der Waals surface area contributed by atoms with Crippen molar-refractivity contribution in [1.82, 2.24) is 0 Å². The van der Waals surface area contributed by atoms with E-state index in [-0.39, 0.29) is 0 Å². The normalized spacial score (nSPS) is 12.9. The van der Waals surface area contributed by atoms with Gasteiger partial charge in [-0.2, -0.15) is 0 Å². The Hall–Kier alpha value is -0.130. The van der Waals surface area contributed by atoms with Gasteiger partial charge >= 0.3 is 0 Å². The highest BCUT2D eigenvalue weighted by atomic mass is 79.9. The lowest BCUT2D eigenvalue weighted by molar-refractivity contribution is 0.604. The van der Waals surface area contributed by atoms with E-state index in [0.717, 1.165) is 0 Å². The molecule has 14 heavy (non-hydrogen) atoms. The molecule has 1 aromatic rings. The number of hydrogen-bond donors (Lipinski definition) is 0. The van der Waals surface area contributed by atoms with Crippen LogP contribution in [0, 0.1) is 0 Å². The van der Waals surface area contributed by atoms with E-state index in [0.29, 0.717) is 14.7 Å². The first-order valence-electron chi connectivity index (χ1n) is 3.78. The molecule has 0 aliphatic heterocycles. The molecule has 5 heteroatoms. The molecule has 2 nitrogen and oxygen atoms in total. The maximum atomic E-state index is 11.7. The minimum atomic E-state index is -3.31. The zero-order chi connectivity index (χ0) is 10.6. The summed E-state index contributed by atoms with van der Waals surface area (Å²) >= 11 is 6.31. The summed E-state index contributed by atoms with van der Waals surface area (Å²) in [6.45, 7) is 0. The molecular weight excluding hydrogens is 332 g/mol. The fourth-order valence-electron chi connectivity index (χ4n) is 0.878. The van der Waals surface area contributed by atoms with E-state index < -0.39 is 9.84 Å². The van der Waals surface area contributed by atoms with Crippen molar-refractivity contribution in [3.05, 3.63) is 40.2 Å². The maximum absolute atomic E-state index is 11.7. The third-order valence-electron chi connectivity index (χ3n) is 1.48. The Balaban J connectivity index is 3.11. The quantitative estimate of drug-likeness (QED) is 0.793. The molecule has 0 atom stereocenters. The zero-order valence-corrected chi connectivity index (χ0v) is 11.1. The Morgan fingerprint density at radius 2 is 1.86 bits per heavy atom. The second kappa shape index (κ2) is 5.09. The van der Waals surface area contributed by atoms with Crippen LogP contribution in [-0.2, 0) is 9.84 Å². The first-order chi connectivity index (χ1) is 6.56. The molecule has 0 bridgehead atoms. The molecule has 1 rings (SSSR count). The number of sulfone groups is 1. The SMILES string of the molecule is O=S(=O)(/C=C(\Br)CBr)c1ccccc1. The van der Waals surface area contributed by atoms with E-state index in [9.17, 15) is 8.42 Å². The van der Waals surface area contributed by atoms with Crippen molar-refractivity contribution < 1.29 is 8.42 Å². The molecule has 0 radical (unpaired) electrons. The van der Waals surface area contributed by atoms with Gasteiger partial charge in [-0.25, -0.2) is 8.42 Å². The van der Waals surface area contributed by atoms with Crippen molar-refractivity contribution in [2.45, 2.75) is 4.90 Å². The molecule has 0 heterocycles. The van der Waals surface area contributed by atoms with Gasteiger partial charge in [0.05, 0.1) is 4.90 Å². The highest BCUT2D eigenvalue weighted by Gasteiger charge is 2.10. The van der Waals surface area contributed by atoms with Crippen molar-refractivity contribution in [1.29, 1.82) is 0 Å². The van der Waals surface area contributed by atoms with Gasteiger partial charge < -0.3 is 0 Å². The number of halogens is 2. The second-order valence-electron chi connectivity index (χ2n) is 2.56. The average molecular weight is 340 g/mol. The maximum Gasteiger partial charge on any atom is 0.200 e. The second-order valence-corrected chi connectivity index (χ2v) is 5.93. The molecule has 1 aromatic carbocycles. The summed E-state index contributed by atoms with van der Waals surface area (Å²) in [5.74, 6) is 0. The van der Waals surface area contributed by atoms with E-state index >= 15 is 0 Å². The molecule has 76 valence electrons.